The number of rotatable bonds is 5. The third-order valence-electron chi connectivity index (χ3n) is 5.31. The van der Waals surface area contributed by atoms with Crippen molar-refractivity contribution >= 4 is 11.5 Å². The van der Waals surface area contributed by atoms with Crippen LogP contribution in [0.25, 0.3) is 5.57 Å². The minimum atomic E-state index is -0.379. The monoisotopic (exact) mass is 385 g/mol. The number of ether oxygens (including phenoxy) is 1. The van der Waals surface area contributed by atoms with E-state index in [1.807, 2.05) is 85.8 Å². The SMILES string of the molecule is COc1ccccc1CN1C(=O)C(O)=C(c2ccccc2)[C@H]1c1ccc(C)cc1. The van der Waals surface area contributed by atoms with Gasteiger partial charge < -0.3 is 14.7 Å². The smallest absolute Gasteiger partial charge is 0.290 e. The first-order valence-electron chi connectivity index (χ1n) is 9.58. The van der Waals surface area contributed by atoms with Crippen molar-refractivity contribution in [2.45, 2.75) is 19.5 Å². The maximum Gasteiger partial charge on any atom is 0.290 e. The summed E-state index contributed by atoms with van der Waals surface area (Å²) in [6, 6.07) is 24.9. The molecule has 3 aromatic carbocycles. The van der Waals surface area contributed by atoms with Gasteiger partial charge in [0.05, 0.1) is 19.7 Å². The molecule has 29 heavy (non-hydrogen) atoms. The van der Waals surface area contributed by atoms with Gasteiger partial charge in [-0.05, 0) is 24.1 Å². The number of aryl methyl sites for hydroxylation is 1. The average Bonchev–Trinajstić information content (AvgIpc) is 3.00. The number of methoxy groups -OCH3 is 1. The molecule has 1 N–H and O–H groups in total. The molecule has 1 heterocycles. The summed E-state index contributed by atoms with van der Waals surface area (Å²) in [7, 11) is 1.62. The maximum absolute atomic E-state index is 13.1. The molecule has 0 fully saturated rings. The zero-order valence-electron chi connectivity index (χ0n) is 16.5. The molecule has 1 aliphatic rings. The second-order valence-corrected chi connectivity index (χ2v) is 7.19. The molecule has 0 unspecified atom stereocenters. The number of carbonyl (C=O) groups is 1. The van der Waals surface area contributed by atoms with E-state index < -0.39 is 0 Å². The summed E-state index contributed by atoms with van der Waals surface area (Å²) in [4.78, 5) is 14.8. The van der Waals surface area contributed by atoms with E-state index in [0.717, 1.165) is 28.0 Å². The number of nitrogens with zero attached hydrogens (tertiary/aromatic N) is 1. The van der Waals surface area contributed by atoms with Crippen LogP contribution in [0.1, 0.15) is 28.3 Å². The van der Waals surface area contributed by atoms with Crippen molar-refractivity contribution in [1.29, 1.82) is 0 Å². The lowest BCUT2D eigenvalue weighted by molar-refractivity contribution is -0.130. The Morgan fingerprint density at radius 1 is 0.931 bits per heavy atom. The molecule has 0 radical (unpaired) electrons. The van der Waals surface area contributed by atoms with Gasteiger partial charge in [0.25, 0.3) is 5.91 Å². The third kappa shape index (κ3) is 3.49. The quantitative estimate of drug-likeness (QED) is 0.668. The van der Waals surface area contributed by atoms with Crippen molar-refractivity contribution < 1.29 is 14.6 Å². The molecule has 1 amide bonds. The molecule has 0 spiro atoms. The van der Waals surface area contributed by atoms with E-state index in [9.17, 15) is 9.90 Å². The minimum absolute atomic E-state index is 0.198. The fourth-order valence-corrected chi connectivity index (χ4v) is 3.84. The number of aliphatic hydroxyl groups is 1. The normalized spacial score (nSPS) is 16.4. The second-order valence-electron chi connectivity index (χ2n) is 7.19. The summed E-state index contributed by atoms with van der Waals surface area (Å²) in [5, 5.41) is 10.8. The molecule has 4 heteroatoms. The van der Waals surface area contributed by atoms with Gasteiger partial charge >= 0.3 is 0 Å². The molecule has 3 aromatic rings. The predicted molar refractivity (Wildman–Crippen MR) is 113 cm³/mol. The molecule has 0 aliphatic carbocycles. The van der Waals surface area contributed by atoms with Gasteiger partial charge in [0.15, 0.2) is 5.76 Å². The lowest BCUT2D eigenvalue weighted by atomic mass is 9.93. The van der Waals surface area contributed by atoms with Crippen molar-refractivity contribution in [3.8, 4) is 5.75 Å². The van der Waals surface area contributed by atoms with Crippen LogP contribution in [0, 0.1) is 6.92 Å². The number of para-hydroxylation sites is 1. The van der Waals surface area contributed by atoms with Gasteiger partial charge in [0.1, 0.15) is 5.75 Å². The number of carbonyl (C=O) groups excluding carboxylic acids is 1. The van der Waals surface area contributed by atoms with E-state index in [-0.39, 0.29) is 17.7 Å². The van der Waals surface area contributed by atoms with Gasteiger partial charge in [-0.3, -0.25) is 4.79 Å². The van der Waals surface area contributed by atoms with Gasteiger partial charge in [-0.1, -0.05) is 78.4 Å². The van der Waals surface area contributed by atoms with E-state index in [1.54, 1.807) is 12.0 Å². The summed E-state index contributed by atoms with van der Waals surface area (Å²) < 4.78 is 5.47. The largest absolute Gasteiger partial charge is 0.503 e. The van der Waals surface area contributed by atoms with E-state index in [0.29, 0.717) is 12.1 Å². The Labute approximate surface area is 170 Å². The van der Waals surface area contributed by atoms with Crippen molar-refractivity contribution in [2.24, 2.45) is 0 Å². The van der Waals surface area contributed by atoms with Crippen LogP contribution < -0.4 is 4.74 Å². The van der Waals surface area contributed by atoms with Crippen LogP contribution in [0.15, 0.2) is 84.6 Å². The van der Waals surface area contributed by atoms with Crippen LogP contribution >= 0.6 is 0 Å². The van der Waals surface area contributed by atoms with E-state index in [4.69, 9.17) is 4.74 Å². The topological polar surface area (TPSA) is 49.8 Å². The third-order valence-corrected chi connectivity index (χ3v) is 5.31. The molecule has 1 atom stereocenters. The van der Waals surface area contributed by atoms with Crippen LogP contribution in [-0.2, 0) is 11.3 Å². The predicted octanol–water partition coefficient (Wildman–Crippen LogP) is 5.06. The van der Waals surface area contributed by atoms with Gasteiger partial charge in [-0.2, -0.15) is 0 Å². The first-order valence-corrected chi connectivity index (χ1v) is 9.58. The van der Waals surface area contributed by atoms with Crippen molar-refractivity contribution in [3.63, 3.8) is 0 Å². The number of aliphatic hydroxyl groups excluding tert-OH is 1. The van der Waals surface area contributed by atoms with Crippen molar-refractivity contribution in [2.75, 3.05) is 7.11 Å². The first kappa shape index (κ1) is 18.8. The van der Waals surface area contributed by atoms with E-state index in [2.05, 4.69) is 0 Å². The molecule has 4 rings (SSSR count). The van der Waals surface area contributed by atoms with E-state index >= 15 is 0 Å². The molecular formula is C25H23NO3. The summed E-state index contributed by atoms with van der Waals surface area (Å²) >= 11 is 0. The van der Waals surface area contributed by atoms with Gasteiger partial charge in [0.2, 0.25) is 0 Å². The fourth-order valence-electron chi connectivity index (χ4n) is 3.84. The number of amides is 1. The van der Waals surface area contributed by atoms with Gasteiger partial charge in [0, 0.05) is 11.1 Å². The molecule has 4 nitrogen and oxygen atoms in total. The molecule has 0 aromatic heterocycles. The highest BCUT2D eigenvalue weighted by atomic mass is 16.5. The van der Waals surface area contributed by atoms with Crippen LogP contribution in [-0.4, -0.2) is 23.0 Å². The highest BCUT2D eigenvalue weighted by molar-refractivity contribution is 6.05. The summed E-state index contributed by atoms with van der Waals surface area (Å²) in [5.74, 6) is 0.146. The number of benzene rings is 3. The number of hydrogen-bond donors (Lipinski definition) is 1. The van der Waals surface area contributed by atoms with Crippen LogP contribution in [0.4, 0.5) is 0 Å². The summed E-state index contributed by atoms with van der Waals surface area (Å²) in [5.41, 5.74) is 4.47. The molecule has 0 bridgehead atoms. The van der Waals surface area contributed by atoms with Gasteiger partial charge in [-0.25, -0.2) is 0 Å². The van der Waals surface area contributed by atoms with Crippen LogP contribution in [0.2, 0.25) is 0 Å². The highest BCUT2D eigenvalue weighted by Crippen LogP contribution is 2.44. The Hall–Kier alpha value is -3.53. The molecule has 0 saturated carbocycles. The van der Waals surface area contributed by atoms with Crippen LogP contribution in [0.5, 0.6) is 5.75 Å². The Balaban J connectivity index is 1.82. The van der Waals surface area contributed by atoms with E-state index in [1.165, 1.54) is 0 Å². The fraction of sp³-hybridized carbons (Fsp3) is 0.160. The highest BCUT2D eigenvalue weighted by Gasteiger charge is 2.41. The number of hydrogen-bond acceptors (Lipinski definition) is 3. The Morgan fingerprint density at radius 3 is 2.28 bits per heavy atom. The maximum atomic E-state index is 13.1. The standard InChI is InChI=1S/C25H23NO3/c1-17-12-14-19(15-13-17)23-22(18-8-4-3-5-9-18)24(27)25(28)26(23)16-20-10-6-7-11-21(20)29-2/h3-15,23,27H,16H2,1-2H3/t23-/m1/s1. The second kappa shape index (κ2) is 7.84. The van der Waals surface area contributed by atoms with Gasteiger partial charge in [-0.15, -0.1) is 0 Å². The molecular weight excluding hydrogens is 362 g/mol. The lowest BCUT2D eigenvalue weighted by Crippen LogP contribution is -2.30. The average molecular weight is 385 g/mol. The molecule has 1 aliphatic heterocycles. The van der Waals surface area contributed by atoms with Crippen LogP contribution in [0.3, 0.4) is 0 Å². The minimum Gasteiger partial charge on any atom is -0.503 e. The zero-order chi connectivity index (χ0) is 20.4. The first-order chi connectivity index (χ1) is 14.1. The summed E-state index contributed by atoms with van der Waals surface area (Å²) in [6.07, 6.45) is 0. The zero-order valence-corrected chi connectivity index (χ0v) is 16.5. The van der Waals surface area contributed by atoms with Crippen molar-refractivity contribution in [3.05, 3.63) is 107 Å². The Kier molecular flexibility index (Phi) is 5.09. The Bertz CT molecular complexity index is 1050. The lowest BCUT2D eigenvalue weighted by Gasteiger charge is -2.28. The van der Waals surface area contributed by atoms with Crippen molar-refractivity contribution in [1.82, 2.24) is 4.90 Å². The Morgan fingerprint density at radius 2 is 1.59 bits per heavy atom. The summed E-state index contributed by atoms with van der Waals surface area (Å²) in [6.45, 7) is 2.36. The molecule has 0 saturated heterocycles. The molecule has 146 valence electrons.